The fourth-order valence-electron chi connectivity index (χ4n) is 3.68. The average molecular weight is 421 g/mol. The quantitative estimate of drug-likeness (QED) is 0.531. The Morgan fingerprint density at radius 1 is 1.03 bits per heavy atom. The lowest BCUT2D eigenvalue weighted by Gasteiger charge is -2.12. The number of halogens is 1. The van der Waals surface area contributed by atoms with E-state index in [1.54, 1.807) is 18.3 Å². The van der Waals surface area contributed by atoms with Gasteiger partial charge in [0.1, 0.15) is 6.54 Å². The van der Waals surface area contributed by atoms with Gasteiger partial charge >= 0.3 is 0 Å². The predicted molar refractivity (Wildman–Crippen MR) is 120 cm³/mol. The highest BCUT2D eigenvalue weighted by Gasteiger charge is 2.18. The van der Waals surface area contributed by atoms with E-state index in [9.17, 15) is 9.59 Å². The molecule has 0 unspecified atom stereocenters. The summed E-state index contributed by atoms with van der Waals surface area (Å²) in [5.41, 5.74) is 3.54. The largest absolute Gasteiger partial charge is 0.338 e. The number of hydrogen-bond donors (Lipinski definition) is 1. The molecular weight excluding hydrogens is 400 g/mol. The molecule has 6 nitrogen and oxygen atoms in total. The molecule has 152 valence electrons. The molecule has 0 fully saturated rings. The topological polar surface area (TPSA) is 68.9 Å². The van der Waals surface area contributed by atoms with Crippen molar-refractivity contribution in [3.05, 3.63) is 87.1 Å². The maximum Gasteiger partial charge on any atom is 0.281 e. The Balaban J connectivity index is 1.71. The van der Waals surface area contributed by atoms with Gasteiger partial charge in [0.25, 0.3) is 5.56 Å². The summed E-state index contributed by atoms with van der Waals surface area (Å²) in [6, 6.07) is 14.7. The molecule has 0 aliphatic rings. The third kappa shape index (κ3) is 3.39. The van der Waals surface area contributed by atoms with E-state index in [0.29, 0.717) is 21.8 Å². The van der Waals surface area contributed by atoms with E-state index in [4.69, 9.17) is 11.6 Å². The Labute approximate surface area is 178 Å². The molecule has 4 aromatic rings. The van der Waals surface area contributed by atoms with Crippen LogP contribution in [0.1, 0.15) is 17.0 Å². The van der Waals surface area contributed by atoms with Gasteiger partial charge < -0.3 is 9.88 Å². The predicted octanol–water partition coefficient (Wildman–Crippen LogP) is 4.40. The van der Waals surface area contributed by atoms with Crippen molar-refractivity contribution in [3.8, 4) is 5.69 Å². The minimum absolute atomic E-state index is 0.0864. The highest BCUT2D eigenvalue weighted by Crippen LogP contribution is 2.25. The second-order valence-corrected chi connectivity index (χ2v) is 7.61. The molecule has 7 heteroatoms. The number of amides is 1. The SMILES string of the molecule is Cc1c(Cl)cccc1NC(=O)Cn1c(C)c2cnn(-c3ccccc3)c(=O)c2c1C. The van der Waals surface area contributed by atoms with E-state index in [1.807, 2.05) is 61.7 Å². The van der Waals surface area contributed by atoms with E-state index in [-0.39, 0.29) is 18.0 Å². The molecule has 1 N–H and O–H groups in total. The van der Waals surface area contributed by atoms with Crippen molar-refractivity contribution in [3.63, 3.8) is 0 Å². The van der Waals surface area contributed by atoms with Crippen molar-refractivity contribution < 1.29 is 4.79 Å². The number of para-hydroxylation sites is 1. The third-order valence-corrected chi connectivity index (χ3v) is 5.79. The van der Waals surface area contributed by atoms with Crippen molar-refractivity contribution >= 4 is 34.0 Å². The van der Waals surface area contributed by atoms with Crippen molar-refractivity contribution in [2.24, 2.45) is 0 Å². The lowest BCUT2D eigenvalue weighted by Crippen LogP contribution is -2.22. The summed E-state index contributed by atoms with van der Waals surface area (Å²) < 4.78 is 3.23. The van der Waals surface area contributed by atoms with Gasteiger partial charge in [-0.15, -0.1) is 0 Å². The fraction of sp³-hybridized carbons (Fsp3) is 0.174. The van der Waals surface area contributed by atoms with Gasteiger partial charge in [0, 0.05) is 27.5 Å². The zero-order valence-electron chi connectivity index (χ0n) is 16.9. The Morgan fingerprint density at radius 2 is 1.77 bits per heavy atom. The molecule has 2 aromatic carbocycles. The summed E-state index contributed by atoms with van der Waals surface area (Å²) in [7, 11) is 0. The van der Waals surface area contributed by atoms with E-state index in [0.717, 1.165) is 22.3 Å². The second kappa shape index (κ2) is 7.80. The van der Waals surface area contributed by atoms with Crippen LogP contribution < -0.4 is 10.9 Å². The van der Waals surface area contributed by atoms with Crippen LogP contribution >= 0.6 is 11.6 Å². The van der Waals surface area contributed by atoms with Gasteiger partial charge in [0.05, 0.1) is 17.3 Å². The van der Waals surface area contributed by atoms with Crippen LogP contribution in [-0.2, 0) is 11.3 Å². The summed E-state index contributed by atoms with van der Waals surface area (Å²) in [6.45, 7) is 5.68. The maximum atomic E-state index is 13.1. The fourth-order valence-corrected chi connectivity index (χ4v) is 3.85. The number of fused-ring (bicyclic) bond motifs is 1. The molecule has 0 aliphatic heterocycles. The van der Waals surface area contributed by atoms with E-state index < -0.39 is 0 Å². The Kier molecular flexibility index (Phi) is 5.18. The van der Waals surface area contributed by atoms with Crippen molar-refractivity contribution in [1.29, 1.82) is 0 Å². The van der Waals surface area contributed by atoms with Crippen molar-refractivity contribution in [2.45, 2.75) is 27.3 Å². The second-order valence-electron chi connectivity index (χ2n) is 7.20. The summed E-state index contributed by atoms with van der Waals surface area (Å²) in [6.07, 6.45) is 1.68. The number of nitrogens with zero attached hydrogens (tertiary/aromatic N) is 3. The molecule has 2 heterocycles. The van der Waals surface area contributed by atoms with E-state index in [2.05, 4.69) is 10.4 Å². The standard InChI is InChI=1S/C23H21ClN4O2/c1-14-19(24)10-7-11-20(14)26-21(29)13-27-15(2)18-12-25-28(17-8-5-4-6-9-17)23(30)22(18)16(27)3/h4-12H,13H2,1-3H3,(H,26,29). The molecule has 0 spiro atoms. The van der Waals surface area contributed by atoms with Crippen LogP contribution in [0.15, 0.2) is 59.5 Å². The van der Waals surface area contributed by atoms with Crippen LogP contribution in [0, 0.1) is 20.8 Å². The number of rotatable bonds is 4. The number of benzene rings is 2. The van der Waals surface area contributed by atoms with E-state index >= 15 is 0 Å². The third-order valence-electron chi connectivity index (χ3n) is 5.38. The first-order valence-electron chi connectivity index (χ1n) is 9.56. The van der Waals surface area contributed by atoms with Gasteiger partial charge in [-0.05, 0) is 50.6 Å². The highest BCUT2D eigenvalue weighted by molar-refractivity contribution is 6.31. The normalized spacial score (nSPS) is 11.1. The summed E-state index contributed by atoms with van der Waals surface area (Å²) in [5, 5.41) is 9.15. The Morgan fingerprint density at radius 3 is 2.50 bits per heavy atom. The van der Waals surface area contributed by atoms with Crippen LogP contribution in [0.5, 0.6) is 0 Å². The highest BCUT2D eigenvalue weighted by atomic mass is 35.5. The van der Waals surface area contributed by atoms with Crippen LogP contribution in [0.2, 0.25) is 5.02 Å². The van der Waals surface area contributed by atoms with Gasteiger partial charge in [-0.1, -0.05) is 35.9 Å². The molecule has 0 bridgehead atoms. The molecular formula is C23H21ClN4O2. The molecule has 0 saturated heterocycles. The zero-order chi connectivity index (χ0) is 21.4. The number of hydrogen-bond acceptors (Lipinski definition) is 3. The smallest absolute Gasteiger partial charge is 0.281 e. The molecule has 0 atom stereocenters. The number of carbonyl (C=O) groups excluding carboxylic acids is 1. The molecule has 0 saturated carbocycles. The van der Waals surface area contributed by atoms with E-state index in [1.165, 1.54) is 4.68 Å². The molecule has 2 aromatic heterocycles. The molecule has 1 amide bonds. The van der Waals surface area contributed by atoms with Gasteiger partial charge in [0.15, 0.2) is 0 Å². The number of nitrogens with one attached hydrogen (secondary N) is 1. The lowest BCUT2D eigenvalue weighted by atomic mass is 10.2. The van der Waals surface area contributed by atoms with Gasteiger partial charge in [-0.25, -0.2) is 0 Å². The summed E-state index contributed by atoms with van der Waals surface area (Å²) >= 11 is 6.14. The average Bonchev–Trinajstić information content (AvgIpc) is 2.97. The maximum absolute atomic E-state index is 13.1. The molecule has 0 aliphatic carbocycles. The summed E-state index contributed by atoms with van der Waals surface area (Å²) in [5.74, 6) is -0.191. The van der Waals surface area contributed by atoms with Gasteiger partial charge in [0.2, 0.25) is 5.91 Å². The van der Waals surface area contributed by atoms with Crippen molar-refractivity contribution in [2.75, 3.05) is 5.32 Å². The number of anilines is 1. The van der Waals surface area contributed by atoms with Gasteiger partial charge in [-0.2, -0.15) is 9.78 Å². The zero-order valence-corrected chi connectivity index (χ0v) is 17.7. The lowest BCUT2D eigenvalue weighted by molar-refractivity contribution is -0.116. The first-order chi connectivity index (χ1) is 14.4. The number of aryl methyl sites for hydroxylation is 2. The van der Waals surface area contributed by atoms with Crippen LogP contribution in [0.25, 0.3) is 16.5 Å². The monoisotopic (exact) mass is 420 g/mol. The first-order valence-corrected chi connectivity index (χ1v) is 9.94. The summed E-state index contributed by atoms with van der Waals surface area (Å²) in [4.78, 5) is 25.9. The molecule has 0 radical (unpaired) electrons. The van der Waals surface area contributed by atoms with Gasteiger partial charge in [-0.3, -0.25) is 9.59 Å². The Bertz CT molecular complexity index is 1320. The van der Waals surface area contributed by atoms with Crippen LogP contribution in [-0.4, -0.2) is 20.3 Å². The Hall–Kier alpha value is -3.38. The van der Waals surface area contributed by atoms with Crippen LogP contribution in [0.3, 0.4) is 0 Å². The first kappa shape index (κ1) is 19.9. The molecule has 4 rings (SSSR count). The number of aromatic nitrogens is 3. The van der Waals surface area contributed by atoms with Crippen LogP contribution in [0.4, 0.5) is 5.69 Å². The molecule has 30 heavy (non-hydrogen) atoms. The van der Waals surface area contributed by atoms with Crippen molar-refractivity contribution in [1.82, 2.24) is 14.3 Å². The number of carbonyl (C=O) groups is 1. The minimum Gasteiger partial charge on any atom is -0.338 e. The minimum atomic E-state index is -0.204.